The molecule has 0 radical (unpaired) electrons. The van der Waals surface area contributed by atoms with Crippen molar-refractivity contribution >= 4 is 40.7 Å². The van der Waals surface area contributed by atoms with Crippen LogP contribution >= 0.6 is 23.2 Å². The molecule has 3 aromatic carbocycles. The summed E-state index contributed by atoms with van der Waals surface area (Å²) in [6.45, 7) is 3.88. The minimum absolute atomic E-state index is 0.0158. The van der Waals surface area contributed by atoms with Gasteiger partial charge in [0.05, 0.1) is 41.7 Å². The minimum atomic E-state index is -1.61. The topological polar surface area (TPSA) is 128 Å². The second-order valence-electron chi connectivity index (χ2n) is 12.2. The first-order valence-corrected chi connectivity index (χ1v) is 16.0. The summed E-state index contributed by atoms with van der Waals surface area (Å²) in [4.78, 5) is 56.6. The van der Waals surface area contributed by atoms with E-state index in [0.29, 0.717) is 39.5 Å². The van der Waals surface area contributed by atoms with Gasteiger partial charge in [0.2, 0.25) is 0 Å². The van der Waals surface area contributed by atoms with Gasteiger partial charge in [-0.1, -0.05) is 65.7 Å². The van der Waals surface area contributed by atoms with Crippen molar-refractivity contribution in [2.75, 3.05) is 12.5 Å². The lowest BCUT2D eigenvalue weighted by atomic mass is 9.53. The molecule has 3 heterocycles. The third-order valence-corrected chi connectivity index (χ3v) is 10.4. The van der Waals surface area contributed by atoms with Crippen LogP contribution in [0, 0.1) is 5.92 Å². The fourth-order valence-electron chi connectivity index (χ4n) is 7.72. The van der Waals surface area contributed by atoms with Gasteiger partial charge in [-0.2, -0.15) is 5.01 Å². The number of halogens is 2. The summed E-state index contributed by atoms with van der Waals surface area (Å²) in [5, 5.41) is 13.4. The highest BCUT2D eigenvalue weighted by atomic mass is 35.5. The number of hydrazine groups is 1. The van der Waals surface area contributed by atoms with E-state index in [1.807, 2.05) is 6.08 Å². The first-order valence-electron chi connectivity index (χ1n) is 15.3. The van der Waals surface area contributed by atoms with Gasteiger partial charge < -0.3 is 9.84 Å². The molecule has 1 saturated carbocycles. The first-order chi connectivity index (χ1) is 23.0. The minimum Gasteiger partial charge on any atom is -0.507 e. The normalized spacial score (nSPS) is 22.9. The van der Waals surface area contributed by atoms with E-state index in [-0.39, 0.29) is 29.4 Å². The molecule has 1 aromatic heterocycles. The van der Waals surface area contributed by atoms with Gasteiger partial charge in [0.15, 0.2) is 0 Å². The lowest BCUT2D eigenvalue weighted by Gasteiger charge is -2.49. The van der Waals surface area contributed by atoms with Gasteiger partial charge in [0.1, 0.15) is 11.5 Å². The molecule has 2 fully saturated rings. The molecule has 4 atom stereocenters. The van der Waals surface area contributed by atoms with E-state index in [9.17, 15) is 19.5 Å². The van der Waals surface area contributed by atoms with Crippen molar-refractivity contribution < 1.29 is 19.4 Å². The van der Waals surface area contributed by atoms with E-state index >= 15 is 4.79 Å². The number of imide groups is 1. The number of carbonyl (C=O) groups is 2. The molecule has 1 saturated heterocycles. The number of nitrogens with one attached hydrogen (secondary N) is 1. The van der Waals surface area contributed by atoms with Crippen molar-refractivity contribution in [2.24, 2.45) is 13.0 Å². The summed E-state index contributed by atoms with van der Waals surface area (Å²) in [5.41, 5.74) is 2.71. The molecule has 4 aromatic rings. The Balaban J connectivity index is 1.53. The third kappa shape index (κ3) is 4.41. The van der Waals surface area contributed by atoms with Crippen LogP contribution in [0.15, 0.2) is 94.6 Å². The number of aromatic hydroxyl groups is 1. The quantitative estimate of drug-likeness (QED) is 0.213. The molecule has 1 aliphatic carbocycles. The van der Waals surface area contributed by atoms with Gasteiger partial charge in [-0.3, -0.25) is 15.0 Å². The van der Waals surface area contributed by atoms with Crippen LogP contribution in [0.4, 0.5) is 5.69 Å². The number of aromatic nitrogens is 3. The summed E-state index contributed by atoms with van der Waals surface area (Å²) < 4.78 is 9.16. The van der Waals surface area contributed by atoms with Crippen LogP contribution < -0.4 is 21.5 Å². The molecule has 7 rings (SSSR count). The fraction of sp³-hybridized carbons (Fsp3) is 0.257. The maximum Gasteiger partial charge on any atom is 0.347 e. The summed E-state index contributed by atoms with van der Waals surface area (Å²) in [6.07, 6.45) is 3.86. The van der Waals surface area contributed by atoms with Gasteiger partial charge in [-0.25, -0.2) is 23.5 Å². The molecule has 2 amide bonds. The first kappa shape index (κ1) is 31.6. The number of fused-ring (bicyclic) bond motifs is 4. The Morgan fingerprint density at radius 1 is 1.06 bits per heavy atom. The molecular formula is C35H31Cl2N5O6. The molecule has 2 aliphatic heterocycles. The van der Waals surface area contributed by atoms with Crippen molar-refractivity contribution in [1.82, 2.24) is 18.9 Å². The number of benzene rings is 3. The Morgan fingerprint density at radius 2 is 1.81 bits per heavy atom. The Hall–Kier alpha value is -5.00. The summed E-state index contributed by atoms with van der Waals surface area (Å²) in [7, 11) is 2.93. The van der Waals surface area contributed by atoms with Crippen molar-refractivity contribution in [3.63, 3.8) is 0 Å². The monoisotopic (exact) mass is 687 g/mol. The highest BCUT2D eigenvalue weighted by Gasteiger charge is 2.69. The molecule has 48 heavy (non-hydrogen) atoms. The van der Waals surface area contributed by atoms with E-state index in [0.717, 1.165) is 9.58 Å². The van der Waals surface area contributed by atoms with Crippen molar-refractivity contribution in [2.45, 2.75) is 36.8 Å². The average Bonchev–Trinajstić information content (AvgIpc) is 3.43. The van der Waals surface area contributed by atoms with Crippen LogP contribution in [0.5, 0.6) is 11.5 Å². The number of carbonyl (C=O) groups excluding carboxylic acids is 2. The highest BCUT2D eigenvalue weighted by molar-refractivity contribution is 6.36. The zero-order chi connectivity index (χ0) is 34.1. The maximum atomic E-state index is 15.2. The third-order valence-electron chi connectivity index (χ3n) is 9.86. The van der Waals surface area contributed by atoms with Gasteiger partial charge in [0.25, 0.3) is 11.8 Å². The van der Waals surface area contributed by atoms with Crippen LogP contribution in [0.1, 0.15) is 35.1 Å². The number of phenolic OH excluding ortho intramolecular Hbond substituents is 1. The van der Waals surface area contributed by atoms with Crippen molar-refractivity contribution in [1.29, 1.82) is 0 Å². The smallest absolute Gasteiger partial charge is 0.347 e. The number of ether oxygens (including phenoxy) is 1. The van der Waals surface area contributed by atoms with Crippen LogP contribution in [0.3, 0.4) is 0 Å². The number of allylic oxidation sites excluding steroid dienone is 3. The predicted molar refractivity (Wildman–Crippen MR) is 181 cm³/mol. The number of para-hydroxylation sites is 1. The lowest BCUT2D eigenvalue weighted by molar-refractivity contribution is -0.138. The summed E-state index contributed by atoms with van der Waals surface area (Å²) in [5.74, 6) is -2.64. The second-order valence-corrected chi connectivity index (χ2v) is 13.0. The number of amides is 2. The van der Waals surface area contributed by atoms with Crippen LogP contribution in [-0.4, -0.2) is 43.0 Å². The summed E-state index contributed by atoms with van der Waals surface area (Å²) in [6, 6.07) is 16.1. The number of anilines is 1. The van der Waals surface area contributed by atoms with Gasteiger partial charge in [0, 0.05) is 23.6 Å². The van der Waals surface area contributed by atoms with Crippen molar-refractivity contribution in [3.05, 3.63) is 133 Å². The summed E-state index contributed by atoms with van der Waals surface area (Å²) >= 11 is 12.6. The Kier molecular flexibility index (Phi) is 7.64. The van der Waals surface area contributed by atoms with Crippen LogP contribution in [-0.2, 0) is 35.0 Å². The van der Waals surface area contributed by atoms with Crippen LogP contribution in [0.25, 0.3) is 0 Å². The van der Waals surface area contributed by atoms with E-state index in [4.69, 9.17) is 27.9 Å². The average molecular weight is 689 g/mol. The molecule has 2 N–H and O–H groups in total. The second kappa shape index (κ2) is 11.6. The van der Waals surface area contributed by atoms with Crippen LogP contribution in [0.2, 0.25) is 10.0 Å². The Bertz CT molecular complexity index is 2170. The SMILES string of the molecule is C=CCc1cccc([C@H]2C3=CCn4c(=O)n(C)c(=O)n4[C@@H]3C[C@H]3C(=O)N(Nc4ccc(Cl)cc4Cl)C(=O)[C@@]23c2ccc(OC)cc2)c1O. The largest absolute Gasteiger partial charge is 0.507 e. The number of phenols is 1. The number of hydrogen-bond donors (Lipinski definition) is 2. The molecule has 3 aliphatic rings. The standard InChI is InChI=1S/C35H31Cl2N5O6/c1-4-6-19-7-5-8-24(30(19)43)29-23-15-16-40-33(46)39(2)34(47)42(40)28(23)18-25-31(44)41(38-27-14-11-21(36)17-26(27)37)32(45)35(25,29)20-9-12-22(48-3)13-10-20/h4-5,7-15,17,25,28-29,38,43H,1,6,16,18H2,2-3H3/t25-,28+,29+,35+/m0/s1. The molecule has 0 bridgehead atoms. The van der Waals surface area contributed by atoms with E-state index in [1.54, 1.807) is 60.7 Å². The molecule has 0 spiro atoms. The molecule has 11 nitrogen and oxygen atoms in total. The molecular weight excluding hydrogens is 657 g/mol. The van der Waals surface area contributed by atoms with Gasteiger partial charge in [-0.15, -0.1) is 6.58 Å². The molecule has 0 unspecified atom stereocenters. The molecule has 13 heteroatoms. The van der Waals surface area contributed by atoms with Crippen molar-refractivity contribution in [3.8, 4) is 11.5 Å². The lowest BCUT2D eigenvalue weighted by Crippen LogP contribution is -2.53. The maximum absolute atomic E-state index is 15.2. The van der Waals surface area contributed by atoms with Gasteiger partial charge in [-0.05, 0) is 59.9 Å². The Labute approximate surface area is 284 Å². The number of hydrogen-bond acceptors (Lipinski definition) is 7. The highest BCUT2D eigenvalue weighted by Crippen LogP contribution is 2.63. The van der Waals surface area contributed by atoms with E-state index < -0.39 is 46.5 Å². The van der Waals surface area contributed by atoms with E-state index in [2.05, 4.69) is 12.0 Å². The number of nitrogens with zero attached hydrogens (tertiary/aromatic N) is 4. The Morgan fingerprint density at radius 3 is 2.50 bits per heavy atom. The fourth-order valence-corrected chi connectivity index (χ4v) is 8.17. The zero-order valence-corrected chi connectivity index (χ0v) is 27.5. The van der Waals surface area contributed by atoms with Gasteiger partial charge >= 0.3 is 11.4 Å². The number of methoxy groups -OCH3 is 1. The predicted octanol–water partition coefficient (Wildman–Crippen LogP) is 4.72. The zero-order valence-electron chi connectivity index (χ0n) is 26.0. The van der Waals surface area contributed by atoms with E-state index in [1.165, 1.54) is 29.6 Å². The molecule has 246 valence electrons. The number of rotatable bonds is 7.